The monoisotopic (exact) mass is 256 g/mol. The zero-order chi connectivity index (χ0) is 12.7. The van der Waals surface area contributed by atoms with Crippen molar-refractivity contribution in [3.8, 4) is 0 Å². The van der Waals surface area contributed by atoms with E-state index in [1.807, 2.05) is 6.92 Å². The Morgan fingerprint density at radius 3 is 2.94 bits per heavy atom. The molecule has 0 fully saturated rings. The van der Waals surface area contributed by atoms with Gasteiger partial charge in [0.05, 0.1) is 0 Å². The Morgan fingerprint density at radius 1 is 1.53 bits per heavy atom. The van der Waals surface area contributed by atoms with Gasteiger partial charge in [-0.25, -0.2) is 0 Å². The fourth-order valence-corrected chi connectivity index (χ4v) is 2.15. The summed E-state index contributed by atoms with van der Waals surface area (Å²) in [6.45, 7) is 7.14. The normalized spacial score (nSPS) is 14.8. The lowest BCUT2D eigenvalue weighted by Crippen LogP contribution is -2.20. The molecule has 0 spiro atoms. The Balaban J connectivity index is 2.19. The average Bonchev–Trinajstić information content (AvgIpc) is 2.72. The van der Waals surface area contributed by atoms with Gasteiger partial charge in [0.2, 0.25) is 0 Å². The Hall–Kier alpha value is -0.610. The van der Waals surface area contributed by atoms with E-state index < -0.39 is 10.8 Å². The highest BCUT2D eigenvalue weighted by atomic mass is 32.2. The minimum absolute atomic E-state index is 0.284. The average molecular weight is 256 g/mol. The van der Waals surface area contributed by atoms with E-state index in [1.54, 1.807) is 6.26 Å². The Bertz CT molecular complexity index is 349. The van der Waals surface area contributed by atoms with Crippen LogP contribution in [0.3, 0.4) is 0 Å². The molecule has 0 radical (unpaired) electrons. The van der Waals surface area contributed by atoms with Gasteiger partial charge in [-0.2, -0.15) is 0 Å². The van der Waals surface area contributed by atoms with Crippen LogP contribution in [0.15, 0.2) is 18.5 Å². The molecule has 2 atom stereocenters. The van der Waals surface area contributed by atoms with Gasteiger partial charge >= 0.3 is 0 Å². The van der Waals surface area contributed by atoms with Crippen molar-refractivity contribution in [2.45, 2.75) is 45.0 Å². The number of nitrogens with one attached hydrogen (secondary N) is 1. The summed E-state index contributed by atoms with van der Waals surface area (Å²) in [5.74, 6) is 0. The molecule has 1 N–H and O–H groups in total. The number of aromatic nitrogens is 1. The Kier molecular flexibility index (Phi) is 6.52. The molecule has 0 saturated carbocycles. The molecule has 3 nitrogen and oxygen atoms in total. The lowest BCUT2D eigenvalue weighted by atomic mass is 10.3. The topological polar surface area (TPSA) is 34.0 Å². The smallest absolute Gasteiger partial charge is 0.0329 e. The molecule has 0 aliphatic rings. The van der Waals surface area contributed by atoms with Gasteiger partial charge in [0.1, 0.15) is 0 Å². The minimum Gasteiger partial charge on any atom is -0.354 e. The van der Waals surface area contributed by atoms with Crippen molar-refractivity contribution in [2.75, 3.05) is 12.8 Å². The van der Waals surface area contributed by atoms with Crippen molar-refractivity contribution >= 4 is 10.8 Å². The zero-order valence-corrected chi connectivity index (χ0v) is 11.9. The highest BCUT2D eigenvalue weighted by molar-refractivity contribution is 7.84. The molecule has 0 amide bonds. The molecule has 98 valence electrons. The second kappa shape index (κ2) is 7.67. The van der Waals surface area contributed by atoms with Crippen molar-refractivity contribution in [1.82, 2.24) is 9.88 Å². The Labute approximate surface area is 107 Å². The SMILES string of the molecule is CCCn1ccc(CNCCC(C)S(C)=O)c1. The standard InChI is InChI=1S/C13H24N2OS/c1-4-8-15-9-6-13(11-15)10-14-7-5-12(2)17(3)16/h6,9,11-12,14H,4-5,7-8,10H2,1-3H3. The van der Waals surface area contributed by atoms with Crippen LogP contribution in [0.4, 0.5) is 0 Å². The molecule has 0 bridgehead atoms. The summed E-state index contributed by atoms with van der Waals surface area (Å²) in [5.41, 5.74) is 1.32. The van der Waals surface area contributed by atoms with Crippen molar-refractivity contribution in [3.63, 3.8) is 0 Å². The maximum absolute atomic E-state index is 11.2. The van der Waals surface area contributed by atoms with E-state index in [0.29, 0.717) is 0 Å². The third-order valence-corrected chi connectivity index (χ3v) is 4.29. The first-order valence-corrected chi connectivity index (χ1v) is 7.93. The number of nitrogens with zero attached hydrogens (tertiary/aromatic N) is 1. The van der Waals surface area contributed by atoms with Gasteiger partial charge in [-0.1, -0.05) is 13.8 Å². The van der Waals surface area contributed by atoms with E-state index in [4.69, 9.17) is 0 Å². The summed E-state index contributed by atoms with van der Waals surface area (Å²) in [6.07, 6.45) is 8.23. The van der Waals surface area contributed by atoms with Gasteiger partial charge in [0, 0.05) is 47.8 Å². The molecule has 17 heavy (non-hydrogen) atoms. The minimum atomic E-state index is -0.701. The number of hydrogen-bond acceptors (Lipinski definition) is 2. The molecule has 0 aliphatic carbocycles. The third-order valence-electron chi connectivity index (χ3n) is 2.92. The van der Waals surface area contributed by atoms with Crippen LogP contribution in [0.1, 0.15) is 32.3 Å². The van der Waals surface area contributed by atoms with E-state index in [9.17, 15) is 4.21 Å². The van der Waals surface area contributed by atoms with E-state index in [1.165, 1.54) is 12.0 Å². The lowest BCUT2D eigenvalue weighted by Gasteiger charge is -2.08. The fraction of sp³-hybridized carbons (Fsp3) is 0.692. The molecule has 1 heterocycles. The van der Waals surface area contributed by atoms with Crippen molar-refractivity contribution in [2.24, 2.45) is 0 Å². The van der Waals surface area contributed by atoms with Crippen molar-refractivity contribution in [1.29, 1.82) is 0 Å². The molecular formula is C13H24N2OS. The van der Waals surface area contributed by atoms with Crippen LogP contribution >= 0.6 is 0 Å². The van der Waals surface area contributed by atoms with Gasteiger partial charge in [-0.3, -0.25) is 4.21 Å². The zero-order valence-electron chi connectivity index (χ0n) is 11.1. The molecule has 0 saturated heterocycles. The van der Waals surface area contributed by atoms with E-state index >= 15 is 0 Å². The fourth-order valence-electron chi connectivity index (χ4n) is 1.70. The first-order chi connectivity index (χ1) is 8.13. The summed E-state index contributed by atoms with van der Waals surface area (Å²) in [4.78, 5) is 0. The predicted octanol–water partition coefficient (Wildman–Crippen LogP) is 2.14. The Morgan fingerprint density at radius 2 is 2.29 bits per heavy atom. The molecule has 0 aliphatic heterocycles. The number of rotatable bonds is 8. The molecule has 4 heteroatoms. The third kappa shape index (κ3) is 5.50. The number of hydrogen-bond donors (Lipinski definition) is 1. The second-order valence-electron chi connectivity index (χ2n) is 4.53. The summed E-state index contributed by atoms with van der Waals surface area (Å²) in [7, 11) is -0.701. The highest BCUT2D eigenvalue weighted by Gasteiger charge is 2.04. The van der Waals surface area contributed by atoms with Crippen LogP contribution in [0.5, 0.6) is 0 Å². The molecule has 1 aromatic heterocycles. The van der Waals surface area contributed by atoms with Gasteiger partial charge in [-0.15, -0.1) is 0 Å². The maximum atomic E-state index is 11.2. The molecule has 2 unspecified atom stereocenters. The van der Waals surface area contributed by atoms with Crippen LogP contribution in [0.2, 0.25) is 0 Å². The molecule has 0 aromatic carbocycles. The predicted molar refractivity (Wildman–Crippen MR) is 74.6 cm³/mol. The van der Waals surface area contributed by atoms with E-state index in [2.05, 4.69) is 35.3 Å². The molecule has 1 rings (SSSR count). The summed E-state index contributed by atoms with van der Waals surface area (Å²) in [6, 6.07) is 2.16. The van der Waals surface area contributed by atoms with Crippen LogP contribution < -0.4 is 5.32 Å². The quantitative estimate of drug-likeness (QED) is 0.723. The van der Waals surface area contributed by atoms with Gasteiger partial charge < -0.3 is 9.88 Å². The lowest BCUT2D eigenvalue weighted by molar-refractivity contribution is 0.626. The van der Waals surface area contributed by atoms with Gasteiger partial charge in [0.25, 0.3) is 0 Å². The first-order valence-electron chi connectivity index (χ1n) is 6.31. The van der Waals surface area contributed by atoms with Crippen molar-refractivity contribution in [3.05, 3.63) is 24.0 Å². The van der Waals surface area contributed by atoms with Crippen LogP contribution in [-0.4, -0.2) is 26.8 Å². The summed E-state index contributed by atoms with van der Waals surface area (Å²) >= 11 is 0. The summed E-state index contributed by atoms with van der Waals surface area (Å²) < 4.78 is 13.4. The van der Waals surface area contributed by atoms with Crippen LogP contribution in [0.25, 0.3) is 0 Å². The summed E-state index contributed by atoms with van der Waals surface area (Å²) in [5, 5.41) is 3.68. The van der Waals surface area contributed by atoms with Crippen LogP contribution in [-0.2, 0) is 23.9 Å². The number of aryl methyl sites for hydroxylation is 1. The van der Waals surface area contributed by atoms with Gasteiger partial charge in [0.15, 0.2) is 0 Å². The van der Waals surface area contributed by atoms with Crippen molar-refractivity contribution < 1.29 is 4.21 Å². The molecule has 1 aromatic rings. The van der Waals surface area contributed by atoms with E-state index in [0.717, 1.165) is 26.1 Å². The largest absolute Gasteiger partial charge is 0.354 e. The highest BCUT2D eigenvalue weighted by Crippen LogP contribution is 2.03. The molecular weight excluding hydrogens is 232 g/mol. The first kappa shape index (κ1) is 14.5. The van der Waals surface area contributed by atoms with Crippen LogP contribution in [0, 0.1) is 0 Å². The van der Waals surface area contributed by atoms with E-state index in [-0.39, 0.29) is 5.25 Å². The van der Waals surface area contributed by atoms with Gasteiger partial charge in [-0.05, 0) is 31.0 Å². The second-order valence-corrected chi connectivity index (χ2v) is 6.33. The maximum Gasteiger partial charge on any atom is 0.0329 e.